The number of ether oxygens (including phenoxy) is 1. The van der Waals surface area contributed by atoms with E-state index < -0.39 is 0 Å². The Bertz CT molecular complexity index is 699. The number of hydrazone groups is 1. The molecule has 2 aromatic rings. The minimum Gasteiger partial charge on any atom is -0.497 e. The molecular weight excluding hydrogens is 300 g/mol. The van der Waals surface area contributed by atoms with Crippen LogP contribution in [0.5, 0.6) is 5.75 Å². The maximum atomic E-state index is 12.1. The first-order chi connectivity index (χ1) is 10.6. The topological polar surface area (TPSA) is 50.7 Å². The first-order valence-electron chi connectivity index (χ1n) is 6.91. The molecule has 0 atom stereocenters. The van der Waals surface area contributed by atoms with Crippen LogP contribution in [0.15, 0.2) is 53.6 Å². The number of hydrogen-bond acceptors (Lipinski definition) is 3. The quantitative estimate of drug-likeness (QED) is 0.672. The van der Waals surface area contributed by atoms with E-state index in [9.17, 15) is 4.79 Å². The van der Waals surface area contributed by atoms with Gasteiger partial charge in [-0.15, -0.1) is 0 Å². The van der Waals surface area contributed by atoms with Gasteiger partial charge in [-0.1, -0.05) is 36.7 Å². The number of carbonyl (C=O) groups is 1. The summed E-state index contributed by atoms with van der Waals surface area (Å²) in [6.07, 6.45) is 0.679. The number of benzene rings is 2. The zero-order valence-corrected chi connectivity index (χ0v) is 13.2. The Morgan fingerprint density at radius 3 is 2.59 bits per heavy atom. The van der Waals surface area contributed by atoms with Crippen molar-refractivity contribution in [2.75, 3.05) is 7.11 Å². The van der Waals surface area contributed by atoms with Crippen molar-refractivity contribution in [3.8, 4) is 5.75 Å². The highest BCUT2D eigenvalue weighted by molar-refractivity contribution is 6.31. The van der Waals surface area contributed by atoms with Crippen LogP contribution in [0, 0.1) is 0 Å². The first-order valence-corrected chi connectivity index (χ1v) is 7.28. The number of halogens is 1. The standard InChI is InChI=1S/C17H17ClN2O2/c1-3-16(12-6-4-8-14(18)10-12)19-20-17(21)13-7-5-9-15(11-13)22-2/h4-11H,3H2,1-2H3,(H,20,21). The van der Waals surface area contributed by atoms with Gasteiger partial charge in [0.05, 0.1) is 12.8 Å². The van der Waals surface area contributed by atoms with E-state index in [4.69, 9.17) is 16.3 Å². The van der Waals surface area contributed by atoms with E-state index in [1.165, 1.54) is 0 Å². The Morgan fingerprint density at radius 2 is 1.91 bits per heavy atom. The molecule has 1 N–H and O–H groups in total. The fourth-order valence-corrected chi connectivity index (χ4v) is 2.15. The minimum absolute atomic E-state index is 0.285. The summed E-state index contributed by atoms with van der Waals surface area (Å²) in [5.74, 6) is 0.342. The number of nitrogens with zero attached hydrogens (tertiary/aromatic N) is 1. The van der Waals surface area contributed by atoms with Crippen LogP contribution in [0.25, 0.3) is 0 Å². The Balaban J connectivity index is 2.16. The Labute approximate surface area is 134 Å². The molecule has 5 heteroatoms. The third-order valence-electron chi connectivity index (χ3n) is 3.12. The molecule has 0 aliphatic carbocycles. The van der Waals surface area contributed by atoms with Gasteiger partial charge in [-0.2, -0.15) is 5.10 Å². The smallest absolute Gasteiger partial charge is 0.271 e. The van der Waals surface area contributed by atoms with Crippen molar-refractivity contribution in [1.82, 2.24) is 5.43 Å². The van der Waals surface area contributed by atoms with Crippen molar-refractivity contribution in [3.63, 3.8) is 0 Å². The maximum absolute atomic E-state index is 12.1. The highest BCUT2D eigenvalue weighted by Gasteiger charge is 2.07. The highest BCUT2D eigenvalue weighted by Crippen LogP contribution is 2.14. The van der Waals surface area contributed by atoms with Crippen molar-refractivity contribution < 1.29 is 9.53 Å². The largest absolute Gasteiger partial charge is 0.497 e. The molecule has 0 bridgehead atoms. The molecule has 0 aliphatic rings. The molecule has 0 fully saturated rings. The SMILES string of the molecule is CCC(=NNC(=O)c1cccc(OC)c1)c1cccc(Cl)c1. The van der Waals surface area contributed by atoms with Crippen LogP contribution >= 0.6 is 11.6 Å². The molecule has 0 heterocycles. The lowest BCUT2D eigenvalue weighted by Crippen LogP contribution is -2.20. The summed E-state index contributed by atoms with van der Waals surface area (Å²) in [5.41, 5.74) is 4.71. The molecule has 22 heavy (non-hydrogen) atoms. The van der Waals surface area contributed by atoms with Crippen LogP contribution in [-0.4, -0.2) is 18.7 Å². The fraction of sp³-hybridized carbons (Fsp3) is 0.176. The van der Waals surface area contributed by atoms with Gasteiger partial charge in [0.2, 0.25) is 0 Å². The second-order valence-corrected chi connectivity index (χ2v) is 5.03. The molecule has 114 valence electrons. The average Bonchev–Trinajstić information content (AvgIpc) is 2.55. The van der Waals surface area contributed by atoms with Gasteiger partial charge in [-0.25, -0.2) is 5.43 Å². The zero-order valence-electron chi connectivity index (χ0n) is 12.5. The molecule has 0 saturated carbocycles. The molecule has 2 rings (SSSR count). The Hall–Kier alpha value is -2.33. The van der Waals surface area contributed by atoms with Gasteiger partial charge in [0.1, 0.15) is 5.75 Å². The van der Waals surface area contributed by atoms with Crippen molar-refractivity contribution in [1.29, 1.82) is 0 Å². The third kappa shape index (κ3) is 4.09. The predicted octanol–water partition coefficient (Wildman–Crippen LogP) is 3.89. The Kier molecular flexibility index (Phi) is 5.55. The molecule has 0 aromatic heterocycles. The third-order valence-corrected chi connectivity index (χ3v) is 3.35. The Morgan fingerprint density at radius 1 is 1.18 bits per heavy atom. The molecule has 0 spiro atoms. The van der Waals surface area contributed by atoms with E-state index in [0.717, 1.165) is 11.3 Å². The summed E-state index contributed by atoms with van der Waals surface area (Å²) in [5, 5.41) is 4.84. The van der Waals surface area contributed by atoms with E-state index in [1.807, 2.05) is 25.1 Å². The lowest BCUT2D eigenvalue weighted by Gasteiger charge is -2.06. The summed E-state index contributed by atoms with van der Waals surface area (Å²) in [6, 6.07) is 14.3. The first kappa shape index (κ1) is 16.0. The molecular formula is C17H17ClN2O2. The summed E-state index contributed by atoms with van der Waals surface area (Å²) in [6.45, 7) is 1.97. The molecule has 0 radical (unpaired) electrons. The van der Waals surface area contributed by atoms with Crippen LogP contribution in [0.1, 0.15) is 29.3 Å². The number of hydrogen-bond donors (Lipinski definition) is 1. The lowest BCUT2D eigenvalue weighted by atomic mass is 10.1. The number of amides is 1. The van der Waals surface area contributed by atoms with E-state index in [1.54, 1.807) is 37.4 Å². The summed E-state index contributed by atoms with van der Waals surface area (Å²) in [4.78, 5) is 12.1. The van der Waals surface area contributed by atoms with E-state index >= 15 is 0 Å². The van der Waals surface area contributed by atoms with Crippen molar-refractivity contribution in [2.45, 2.75) is 13.3 Å². The van der Waals surface area contributed by atoms with Gasteiger partial charge in [0.25, 0.3) is 5.91 Å². The number of carbonyl (C=O) groups excluding carboxylic acids is 1. The second-order valence-electron chi connectivity index (χ2n) is 4.60. The van der Waals surface area contributed by atoms with Crippen molar-refractivity contribution >= 4 is 23.2 Å². The van der Waals surface area contributed by atoms with Crippen LogP contribution in [0.3, 0.4) is 0 Å². The second kappa shape index (κ2) is 7.61. The number of methoxy groups -OCH3 is 1. The molecule has 1 amide bonds. The van der Waals surface area contributed by atoms with Gasteiger partial charge < -0.3 is 4.74 Å². The predicted molar refractivity (Wildman–Crippen MR) is 88.7 cm³/mol. The maximum Gasteiger partial charge on any atom is 0.271 e. The molecule has 0 unspecified atom stereocenters. The van der Waals surface area contributed by atoms with Gasteiger partial charge in [0, 0.05) is 10.6 Å². The molecule has 0 aliphatic heterocycles. The molecule has 4 nitrogen and oxygen atoms in total. The fourth-order valence-electron chi connectivity index (χ4n) is 1.96. The minimum atomic E-state index is -0.285. The van der Waals surface area contributed by atoms with Crippen molar-refractivity contribution in [3.05, 3.63) is 64.7 Å². The number of nitrogens with one attached hydrogen (secondary N) is 1. The van der Waals surface area contributed by atoms with Gasteiger partial charge in [-0.3, -0.25) is 4.79 Å². The highest BCUT2D eigenvalue weighted by atomic mass is 35.5. The average molecular weight is 317 g/mol. The van der Waals surface area contributed by atoms with Gasteiger partial charge in [-0.05, 0) is 42.3 Å². The van der Waals surface area contributed by atoms with Crippen LogP contribution in [-0.2, 0) is 0 Å². The van der Waals surface area contributed by atoms with Crippen LogP contribution in [0.2, 0.25) is 5.02 Å². The van der Waals surface area contributed by atoms with Gasteiger partial charge in [0.15, 0.2) is 0 Å². The summed E-state index contributed by atoms with van der Waals surface area (Å²) < 4.78 is 5.10. The summed E-state index contributed by atoms with van der Waals surface area (Å²) >= 11 is 5.98. The zero-order chi connectivity index (χ0) is 15.9. The van der Waals surface area contributed by atoms with Crippen LogP contribution < -0.4 is 10.2 Å². The van der Waals surface area contributed by atoms with E-state index in [2.05, 4.69) is 10.5 Å². The monoisotopic (exact) mass is 316 g/mol. The van der Waals surface area contributed by atoms with Crippen molar-refractivity contribution in [2.24, 2.45) is 5.10 Å². The normalized spacial score (nSPS) is 11.1. The lowest BCUT2D eigenvalue weighted by molar-refractivity contribution is 0.0954. The van der Waals surface area contributed by atoms with E-state index in [0.29, 0.717) is 22.8 Å². The van der Waals surface area contributed by atoms with Crippen LogP contribution in [0.4, 0.5) is 0 Å². The molecule has 0 saturated heterocycles. The van der Waals surface area contributed by atoms with E-state index in [-0.39, 0.29) is 5.91 Å². The van der Waals surface area contributed by atoms with Gasteiger partial charge >= 0.3 is 0 Å². The number of rotatable bonds is 5. The molecule has 2 aromatic carbocycles. The summed E-state index contributed by atoms with van der Waals surface area (Å²) in [7, 11) is 1.56.